The van der Waals surface area contributed by atoms with E-state index in [1.807, 2.05) is 20.8 Å². The second-order valence-corrected chi connectivity index (χ2v) is 5.00. The number of benzene rings is 1. The summed E-state index contributed by atoms with van der Waals surface area (Å²) in [7, 11) is 0. The van der Waals surface area contributed by atoms with Gasteiger partial charge in [-0.25, -0.2) is 8.78 Å². The van der Waals surface area contributed by atoms with Gasteiger partial charge in [0.25, 0.3) is 0 Å². The maximum atomic E-state index is 13.4. The van der Waals surface area contributed by atoms with E-state index in [0.29, 0.717) is 12.0 Å². The number of halogens is 2. The van der Waals surface area contributed by atoms with Crippen LogP contribution in [0.4, 0.5) is 8.78 Å². The van der Waals surface area contributed by atoms with Crippen molar-refractivity contribution in [2.24, 2.45) is 11.3 Å². The highest BCUT2D eigenvalue weighted by Crippen LogP contribution is 2.23. The number of nitrogens with two attached hydrogens (primary N) is 1. The quantitative estimate of drug-likeness (QED) is 0.615. The molecule has 1 unspecified atom stereocenters. The molecule has 0 heterocycles. The van der Waals surface area contributed by atoms with Gasteiger partial charge in [0.2, 0.25) is 0 Å². The first kappa shape index (κ1) is 13.1. The molecule has 1 aromatic carbocycles. The van der Waals surface area contributed by atoms with Gasteiger partial charge in [-0.1, -0.05) is 32.9 Å². The molecule has 2 nitrogen and oxygen atoms in total. The molecule has 1 atom stereocenters. The predicted molar refractivity (Wildman–Crippen MR) is 60.6 cm³/mol. The highest BCUT2D eigenvalue weighted by atomic mass is 19.2. The topological polar surface area (TPSA) is 38.0 Å². The minimum atomic E-state index is -0.817. The van der Waals surface area contributed by atoms with Gasteiger partial charge >= 0.3 is 0 Å². The molecule has 0 aliphatic rings. The standard InChI is InChI=1S/C12H18F2N2/c1-12(2,3)10(16-15)7-8-5-4-6-9(13)11(8)14/h4-6,10,16H,7,15H2,1-3H3. The van der Waals surface area contributed by atoms with Crippen molar-refractivity contribution in [2.75, 3.05) is 0 Å². The van der Waals surface area contributed by atoms with E-state index in [0.717, 1.165) is 6.07 Å². The van der Waals surface area contributed by atoms with E-state index in [1.165, 1.54) is 6.07 Å². The van der Waals surface area contributed by atoms with Crippen LogP contribution >= 0.6 is 0 Å². The molecule has 16 heavy (non-hydrogen) atoms. The van der Waals surface area contributed by atoms with Gasteiger partial charge in [-0.15, -0.1) is 0 Å². The van der Waals surface area contributed by atoms with Crippen molar-refractivity contribution < 1.29 is 8.78 Å². The normalized spacial score (nSPS) is 13.9. The van der Waals surface area contributed by atoms with Crippen molar-refractivity contribution in [1.29, 1.82) is 0 Å². The second kappa shape index (κ2) is 4.89. The van der Waals surface area contributed by atoms with E-state index in [1.54, 1.807) is 6.07 Å². The first-order valence-electron chi connectivity index (χ1n) is 5.25. The zero-order valence-corrected chi connectivity index (χ0v) is 9.85. The Morgan fingerprint density at radius 3 is 2.44 bits per heavy atom. The van der Waals surface area contributed by atoms with E-state index < -0.39 is 11.6 Å². The lowest BCUT2D eigenvalue weighted by Gasteiger charge is -2.30. The zero-order chi connectivity index (χ0) is 12.3. The van der Waals surface area contributed by atoms with Crippen LogP contribution in [0.3, 0.4) is 0 Å². The molecule has 90 valence electrons. The third-order valence-corrected chi connectivity index (χ3v) is 2.70. The van der Waals surface area contributed by atoms with Crippen LogP contribution in [0, 0.1) is 17.0 Å². The molecule has 4 heteroatoms. The number of hydrazine groups is 1. The summed E-state index contributed by atoms with van der Waals surface area (Å²) in [4.78, 5) is 0. The smallest absolute Gasteiger partial charge is 0.162 e. The van der Waals surface area contributed by atoms with Crippen LogP contribution in [0.25, 0.3) is 0 Å². The number of nitrogens with one attached hydrogen (secondary N) is 1. The lowest BCUT2D eigenvalue weighted by atomic mass is 9.83. The third kappa shape index (κ3) is 3.00. The summed E-state index contributed by atoms with van der Waals surface area (Å²) in [6.07, 6.45) is 0.365. The minimum Gasteiger partial charge on any atom is -0.271 e. The summed E-state index contributed by atoms with van der Waals surface area (Å²) >= 11 is 0. The van der Waals surface area contributed by atoms with Gasteiger partial charge < -0.3 is 0 Å². The lowest BCUT2D eigenvalue weighted by Crippen LogP contribution is -2.46. The Morgan fingerprint density at radius 1 is 1.31 bits per heavy atom. The molecular weight excluding hydrogens is 210 g/mol. The van der Waals surface area contributed by atoms with Gasteiger partial charge in [0.15, 0.2) is 11.6 Å². The molecule has 0 saturated carbocycles. The van der Waals surface area contributed by atoms with E-state index >= 15 is 0 Å². The number of rotatable bonds is 3. The summed E-state index contributed by atoms with van der Waals surface area (Å²) in [5.74, 6) is 3.83. The molecule has 0 aromatic heterocycles. The van der Waals surface area contributed by atoms with Crippen molar-refractivity contribution in [3.63, 3.8) is 0 Å². The molecule has 0 amide bonds. The zero-order valence-electron chi connectivity index (χ0n) is 9.85. The molecule has 1 rings (SSSR count). The van der Waals surface area contributed by atoms with Gasteiger partial charge in [-0.3, -0.25) is 11.3 Å². The minimum absolute atomic E-state index is 0.108. The molecule has 0 saturated heterocycles. The predicted octanol–water partition coefficient (Wildman–Crippen LogP) is 2.39. The van der Waals surface area contributed by atoms with Gasteiger partial charge in [0.05, 0.1) is 0 Å². The summed E-state index contributed by atoms with van der Waals surface area (Å²) in [5.41, 5.74) is 2.88. The molecule has 0 bridgehead atoms. The second-order valence-electron chi connectivity index (χ2n) is 5.00. The largest absolute Gasteiger partial charge is 0.271 e. The van der Waals surface area contributed by atoms with Crippen LogP contribution in [-0.2, 0) is 6.42 Å². The SMILES string of the molecule is CC(C)(C)C(Cc1cccc(F)c1F)NN. The Bertz CT molecular complexity index is 359. The van der Waals surface area contributed by atoms with E-state index in [9.17, 15) is 8.78 Å². The highest BCUT2D eigenvalue weighted by molar-refractivity contribution is 5.20. The van der Waals surface area contributed by atoms with E-state index in [-0.39, 0.29) is 11.5 Å². The highest BCUT2D eigenvalue weighted by Gasteiger charge is 2.25. The third-order valence-electron chi connectivity index (χ3n) is 2.70. The van der Waals surface area contributed by atoms with Gasteiger partial charge in [0, 0.05) is 6.04 Å². The number of hydrogen-bond donors (Lipinski definition) is 2. The first-order valence-corrected chi connectivity index (χ1v) is 5.25. The monoisotopic (exact) mass is 228 g/mol. The fourth-order valence-electron chi connectivity index (χ4n) is 1.54. The summed E-state index contributed by atoms with van der Waals surface area (Å²) in [6.45, 7) is 5.98. The van der Waals surface area contributed by atoms with Crippen molar-refractivity contribution in [1.82, 2.24) is 5.43 Å². The van der Waals surface area contributed by atoms with Crippen molar-refractivity contribution in [2.45, 2.75) is 33.2 Å². The molecule has 0 aliphatic heterocycles. The first-order chi connectivity index (χ1) is 7.36. The van der Waals surface area contributed by atoms with Crippen LogP contribution in [0.5, 0.6) is 0 Å². The summed E-state index contributed by atoms with van der Waals surface area (Å²) in [6, 6.07) is 4.09. The Morgan fingerprint density at radius 2 is 1.94 bits per heavy atom. The molecular formula is C12H18F2N2. The van der Waals surface area contributed by atoms with Crippen LogP contribution in [0.15, 0.2) is 18.2 Å². The van der Waals surface area contributed by atoms with Crippen LogP contribution in [-0.4, -0.2) is 6.04 Å². The maximum Gasteiger partial charge on any atom is 0.162 e. The fraction of sp³-hybridized carbons (Fsp3) is 0.500. The van der Waals surface area contributed by atoms with Crippen LogP contribution in [0.2, 0.25) is 0 Å². The molecule has 0 aliphatic carbocycles. The summed E-state index contributed by atoms with van der Waals surface area (Å²) < 4.78 is 26.4. The summed E-state index contributed by atoms with van der Waals surface area (Å²) in [5, 5.41) is 0. The van der Waals surface area contributed by atoms with Gasteiger partial charge in [-0.05, 0) is 23.5 Å². The molecule has 3 N–H and O–H groups in total. The molecule has 0 radical (unpaired) electrons. The lowest BCUT2D eigenvalue weighted by molar-refractivity contribution is 0.266. The molecule has 1 aromatic rings. The Hall–Kier alpha value is -1.00. The molecule has 0 fully saturated rings. The van der Waals surface area contributed by atoms with E-state index in [2.05, 4.69) is 5.43 Å². The Labute approximate surface area is 94.8 Å². The average molecular weight is 228 g/mol. The van der Waals surface area contributed by atoms with E-state index in [4.69, 9.17) is 5.84 Å². The van der Waals surface area contributed by atoms with Gasteiger partial charge in [0.1, 0.15) is 0 Å². The van der Waals surface area contributed by atoms with Crippen LogP contribution in [0.1, 0.15) is 26.3 Å². The fourth-order valence-corrected chi connectivity index (χ4v) is 1.54. The molecule has 0 spiro atoms. The van der Waals surface area contributed by atoms with Crippen molar-refractivity contribution in [3.05, 3.63) is 35.4 Å². The maximum absolute atomic E-state index is 13.4. The Kier molecular flexibility index (Phi) is 3.99. The Balaban J connectivity index is 2.91. The van der Waals surface area contributed by atoms with Gasteiger partial charge in [-0.2, -0.15) is 0 Å². The van der Waals surface area contributed by atoms with Crippen molar-refractivity contribution >= 4 is 0 Å². The number of hydrogen-bond acceptors (Lipinski definition) is 2. The average Bonchev–Trinajstić information content (AvgIpc) is 2.18. The van der Waals surface area contributed by atoms with Crippen LogP contribution < -0.4 is 11.3 Å². The van der Waals surface area contributed by atoms with Crippen molar-refractivity contribution in [3.8, 4) is 0 Å².